The minimum Gasteiger partial charge on any atom is -0.388 e. The number of benzene rings is 3. The van der Waals surface area contributed by atoms with Crippen LogP contribution in [0.1, 0.15) is 35.4 Å². The number of nitrogens with zero attached hydrogens (tertiary/aromatic N) is 3. The summed E-state index contributed by atoms with van der Waals surface area (Å²) in [4.78, 5) is 22.2. The molecule has 4 aromatic rings. The fourth-order valence-electron chi connectivity index (χ4n) is 3.91. The predicted octanol–water partition coefficient (Wildman–Crippen LogP) is 4.43. The van der Waals surface area contributed by atoms with Gasteiger partial charge in [-0.05, 0) is 49.7 Å². The molecule has 1 heterocycles. The first kappa shape index (κ1) is 27.0. The van der Waals surface area contributed by atoms with E-state index >= 15 is 0 Å². The van der Waals surface area contributed by atoms with E-state index in [2.05, 4.69) is 14.7 Å². The molecule has 1 atom stereocenters. The van der Waals surface area contributed by atoms with Gasteiger partial charge in [-0.2, -0.15) is 0 Å². The number of fused-ring (bicyclic) bond motifs is 1. The highest BCUT2D eigenvalue weighted by Gasteiger charge is 2.23. The maximum absolute atomic E-state index is 14.9. The van der Waals surface area contributed by atoms with Gasteiger partial charge in [-0.15, -0.1) is 0 Å². The lowest BCUT2D eigenvalue weighted by Gasteiger charge is -2.23. The minimum absolute atomic E-state index is 0.0232. The average Bonchev–Trinajstić information content (AvgIpc) is 2.91. The van der Waals surface area contributed by atoms with E-state index in [1.807, 2.05) is 0 Å². The predicted molar refractivity (Wildman–Crippen MR) is 134 cm³/mol. The van der Waals surface area contributed by atoms with E-state index < -0.39 is 39.5 Å². The number of aromatic nitrogens is 2. The molecule has 0 bridgehead atoms. The molecule has 0 aliphatic heterocycles. The Morgan fingerprint density at radius 3 is 2.50 bits per heavy atom. The highest BCUT2D eigenvalue weighted by atomic mass is 32.2. The number of rotatable bonds is 9. The number of carbonyl (C=O) groups is 1. The second kappa shape index (κ2) is 11.2. The molecule has 3 aromatic carbocycles. The summed E-state index contributed by atoms with van der Waals surface area (Å²) in [5.41, 5.74) is -0.194. The summed E-state index contributed by atoms with van der Waals surface area (Å²) >= 11 is 0. The topological polar surface area (TPSA) is 112 Å². The summed E-state index contributed by atoms with van der Waals surface area (Å²) < 4.78 is 70.4. The standard InChI is InChI=1S/C26H23F3N4O4S/c1-2-33(14-11-22(34)17-5-3-6-18(27)24(17)29)26(35)16-9-10-20(19(28)15-16)32-38(36,37)23-8-4-7-21-25(23)31-13-12-30-21/h3-10,12-13,15,22,32,34H,2,11,14H2,1H3. The van der Waals surface area contributed by atoms with E-state index in [0.717, 1.165) is 18.2 Å². The van der Waals surface area contributed by atoms with Crippen LogP contribution in [-0.2, 0) is 10.0 Å². The molecular weight excluding hydrogens is 521 g/mol. The van der Waals surface area contributed by atoms with Crippen molar-refractivity contribution in [3.05, 3.63) is 95.6 Å². The van der Waals surface area contributed by atoms with E-state index in [9.17, 15) is 31.5 Å². The van der Waals surface area contributed by atoms with Crippen LogP contribution < -0.4 is 4.72 Å². The van der Waals surface area contributed by atoms with Crippen molar-refractivity contribution in [3.8, 4) is 0 Å². The van der Waals surface area contributed by atoms with E-state index in [0.29, 0.717) is 5.52 Å². The first-order chi connectivity index (χ1) is 18.1. The number of aliphatic hydroxyl groups excluding tert-OH is 1. The van der Waals surface area contributed by atoms with Crippen molar-refractivity contribution >= 4 is 32.7 Å². The molecule has 0 fully saturated rings. The van der Waals surface area contributed by atoms with Crippen LogP contribution in [0.25, 0.3) is 11.0 Å². The number of para-hydroxylation sites is 1. The molecule has 0 radical (unpaired) electrons. The Labute approximate surface area is 216 Å². The fourth-order valence-corrected chi connectivity index (χ4v) is 5.15. The highest BCUT2D eigenvalue weighted by Crippen LogP contribution is 2.26. The molecule has 198 valence electrons. The van der Waals surface area contributed by atoms with Gasteiger partial charge in [0.15, 0.2) is 11.6 Å². The second-order valence-corrected chi connectivity index (χ2v) is 9.96. The summed E-state index contributed by atoms with van der Waals surface area (Å²) in [6.07, 6.45) is 1.31. The Bertz CT molecular complexity index is 1600. The van der Waals surface area contributed by atoms with Gasteiger partial charge in [-0.1, -0.05) is 18.2 Å². The molecule has 8 nitrogen and oxygen atoms in total. The number of anilines is 1. The monoisotopic (exact) mass is 544 g/mol. The Hall–Kier alpha value is -4.03. The van der Waals surface area contributed by atoms with Crippen LogP contribution in [0.5, 0.6) is 0 Å². The Morgan fingerprint density at radius 1 is 1.03 bits per heavy atom. The highest BCUT2D eigenvalue weighted by molar-refractivity contribution is 7.93. The third-order valence-electron chi connectivity index (χ3n) is 5.89. The van der Waals surface area contributed by atoms with Crippen molar-refractivity contribution in [3.63, 3.8) is 0 Å². The van der Waals surface area contributed by atoms with Crippen LogP contribution in [0.15, 0.2) is 71.9 Å². The Balaban J connectivity index is 1.49. The number of aliphatic hydroxyl groups is 1. The van der Waals surface area contributed by atoms with E-state index in [4.69, 9.17) is 0 Å². The largest absolute Gasteiger partial charge is 0.388 e. The van der Waals surface area contributed by atoms with Gasteiger partial charge in [0.2, 0.25) is 0 Å². The zero-order chi connectivity index (χ0) is 27.4. The Morgan fingerprint density at radius 2 is 1.76 bits per heavy atom. The molecule has 0 saturated carbocycles. The second-order valence-electron chi connectivity index (χ2n) is 8.31. The summed E-state index contributed by atoms with van der Waals surface area (Å²) in [5.74, 6) is -3.82. The first-order valence-electron chi connectivity index (χ1n) is 11.6. The maximum atomic E-state index is 14.9. The zero-order valence-corrected chi connectivity index (χ0v) is 20.9. The SMILES string of the molecule is CCN(CCC(O)c1cccc(F)c1F)C(=O)c1ccc(NS(=O)(=O)c2cccc3nccnc23)c(F)c1. The normalized spacial score (nSPS) is 12.3. The van der Waals surface area contributed by atoms with Crippen molar-refractivity contribution in [2.45, 2.75) is 24.3 Å². The number of nitrogens with one attached hydrogen (secondary N) is 1. The van der Waals surface area contributed by atoms with Crippen LogP contribution in [0.3, 0.4) is 0 Å². The van der Waals surface area contributed by atoms with Gasteiger partial charge < -0.3 is 10.0 Å². The molecule has 38 heavy (non-hydrogen) atoms. The molecule has 0 aliphatic carbocycles. The lowest BCUT2D eigenvalue weighted by molar-refractivity contribution is 0.0723. The number of carbonyl (C=O) groups excluding carboxylic acids is 1. The molecule has 1 aromatic heterocycles. The Kier molecular flexibility index (Phi) is 7.93. The van der Waals surface area contributed by atoms with E-state index in [1.165, 1.54) is 47.6 Å². The van der Waals surface area contributed by atoms with Gasteiger partial charge in [-0.3, -0.25) is 19.5 Å². The van der Waals surface area contributed by atoms with Gasteiger partial charge in [0.1, 0.15) is 16.2 Å². The van der Waals surface area contributed by atoms with Gasteiger partial charge in [0, 0.05) is 36.6 Å². The van der Waals surface area contributed by atoms with Gasteiger partial charge in [0.25, 0.3) is 15.9 Å². The molecule has 4 rings (SSSR count). The van der Waals surface area contributed by atoms with Gasteiger partial charge in [0.05, 0.1) is 17.3 Å². The number of hydrogen-bond donors (Lipinski definition) is 2. The molecule has 2 N–H and O–H groups in total. The molecule has 0 spiro atoms. The molecular formula is C26H23F3N4O4S. The number of halogens is 3. The van der Waals surface area contributed by atoms with Crippen molar-refractivity contribution in [2.24, 2.45) is 0 Å². The van der Waals surface area contributed by atoms with Crippen molar-refractivity contribution in [1.29, 1.82) is 0 Å². The average molecular weight is 545 g/mol. The smallest absolute Gasteiger partial charge is 0.264 e. The van der Waals surface area contributed by atoms with E-state index in [1.54, 1.807) is 13.0 Å². The molecule has 0 aliphatic rings. The lowest BCUT2D eigenvalue weighted by Crippen LogP contribution is -2.32. The van der Waals surface area contributed by atoms with Gasteiger partial charge >= 0.3 is 0 Å². The van der Waals surface area contributed by atoms with Crippen LogP contribution >= 0.6 is 0 Å². The van der Waals surface area contributed by atoms with Gasteiger partial charge in [-0.25, -0.2) is 21.6 Å². The van der Waals surface area contributed by atoms with Crippen LogP contribution in [0, 0.1) is 17.5 Å². The van der Waals surface area contributed by atoms with Crippen molar-refractivity contribution in [2.75, 3.05) is 17.8 Å². The van der Waals surface area contributed by atoms with Crippen LogP contribution in [0.2, 0.25) is 0 Å². The molecule has 1 amide bonds. The van der Waals surface area contributed by atoms with Crippen molar-refractivity contribution < 1.29 is 31.5 Å². The minimum atomic E-state index is -4.24. The molecule has 0 saturated heterocycles. The number of amides is 1. The summed E-state index contributed by atoms with van der Waals surface area (Å²) in [6, 6.07) is 11.1. The quantitative estimate of drug-likeness (QED) is 0.322. The summed E-state index contributed by atoms with van der Waals surface area (Å²) in [7, 11) is -4.24. The maximum Gasteiger partial charge on any atom is 0.264 e. The van der Waals surface area contributed by atoms with Crippen LogP contribution in [0.4, 0.5) is 18.9 Å². The molecule has 12 heteroatoms. The van der Waals surface area contributed by atoms with Crippen LogP contribution in [-0.4, -0.2) is 47.4 Å². The third-order valence-corrected chi connectivity index (χ3v) is 7.29. The summed E-state index contributed by atoms with van der Waals surface area (Å²) in [5, 5.41) is 10.3. The fraction of sp³-hybridized carbons (Fsp3) is 0.192. The number of sulfonamides is 1. The van der Waals surface area contributed by atoms with E-state index in [-0.39, 0.29) is 46.7 Å². The third kappa shape index (κ3) is 5.60. The first-order valence-corrected chi connectivity index (χ1v) is 13.0. The zero-order valence-electron chi connectivity index (χ0n) is 20.1. The summed E-state index contributed by atoms with van der Waals surface area (Å²) in [6.45, 7) is 1.83. The van der Waals surface area contributed by atoms with Crippen molar-refractivity contribution in [1.82, 2.24) is 14.9 Å². The lowest BCUT2D eigenvalue weighted by atomic mass is 10.1. The molecule has 1 unspecified atom stereocenters. The number of hydrogen-bond acceptors (Lipinski definition) is 6.